The maximum absolute atomic E-state index is 13.4. The van der Waals surface area contributed by atoms with Crippen LogP contribution in [-0.2, 0) is 17.1 Å². The highest BCUT2D eigenvalue weighted by Gasteiger charge is 2.07. The zero-order chi connectivity index (χ0) is 18.8. The van der Waals surface area contributed by atoms with Crippen molar-refractivity contribution in [3.05, 3.63) is 59.7 Å². The first-order valence-electron chi connectivity index (χ1n) is 8.03. The fraction of sp³-hybridized carbons (Fsp3) is 0.278. The molecular weight excluding hydrogens is 353 g/mol. The van der Waals surface area contributed by atoms with Gasteiger partial charge in [-0.3, -0.25) is 14.8 Å². The molecule has 6 nitrogen and oxygen atoms in total. The van der Waals surface area contributed by atoms with E-state index in [1.165, 1.54) is 6.07 Å². The van der Waals surface area contributed by atoms with Crippen molar-refractivity contribution >= 4 is 29.3 Å². The Morgan fingerprint density at radius 3 is 2.81 bits per heavy atom. The lowest BCUT2D eigenvalue weighted by Crippen LogP contribution is -2.41. The number of amides is 1. The summed E-state index contributed by atoms with van der Waals surface area (Å²) in [5, 5.41) is 8.82. The van der Waals surface area contributed by atoms with Crippen LogP contribution in [0.5, 0.6) is 0 Å². The standard InChI is InChI=1S/C18H22FN5OS/c1-20-18(23-11-17(25)24-16-4-3-7-21-10-16)22-9-13-5-6-15(19)8-14(13)12-26-2/h3-8,10H,9,11-12H2,1-2H3,(H,24,25)(H2,20,22,23). The smallest absolute Gasteiger partial charge is 0.243 e. The van der Waals surface area contributed by atoms with Gasteiger partial charge in [0.1, 0.15) is 5.82 Å². The summed E-state index contributed by atoms with van der Waals surface area (Å²) in [6, 6.07) is 8.26. The topological polar surface area (TPSA) is 78.4 Å². The molecule has 0 fully saturated rings. The molecule has 0 radical (unpaired) electrons. The summed E-state index contributed by atoms with van der Waals surface area (Å²) >= 11 is 1.63. The summed E-state index contributed by atoms with van der Waals surface area (Å²) in [5.74, 6) is 0.776. The number of nitrogens with zero attached hydrogens (tertiary/aromatic N) is 2. The summed E-state index contributed by atoms with van der Waals surface area (Å²) in [6.45, 7) is 0.551. The zero-order valence-electron chi connectivity index (χ0n) is 14.8. The van der Waals surface area contributed by atoms with E-state index in [9.17, 15) is 9.18 Å². The van der Waals surface area contributed by atoms with Crippen LogP contribution in [0.4, 0.5) is 10.1 Å². The van der Waals surface area contributed by atoms with Gasteiger partial charge < -0.3 is 16.0 Å². The van der Waals surface area contributed by atoms with Gasteiger partial charge in [-0.05, 0) is 41.6 Å². The van der Waals surface area contributed by atoms with Crippen molar-refractivity contribution in [1.82, 2.24) is 15.6 Å². The number of hydrogen-bond acceptors (Lipinski definition) is 4. The average molecular weight is 375 g/mol. The van der Waals surface area contributed by atoms with Crippen LogP contribution in [0, 0.1) is 5.82 Å². The van der Waals surface area contributed by atoms with Gasteiger partial charge in [0.05, 0.1) is 18.4 Å². The Morgan fingerprint density at radius 2 is 2.12 bits per heavy atom. The van der Waals surface area contributed by atoms with Gasteiger partial charge in [0, 0.05) is 25.5 Å². The third-order valence-electron chi connectivity index (χ3n) is 3.50. The number of nitrogens with one attached hydrogen (secondary N) is 3. The molecule has 2 rings (SSSR count). The van der Waals surface area contributed by atoms with Gasteiger partial charge in [-0.15, -0.1) is 0 Å². The molecule has 0 atom stereocenters. The van der Waals surface area contributed by atoms with Gasteiger partial charge in [-0.25, -0.2) is 4.39 Å². The fourth-order valence-corrected chi connectivity index (χ4v) is 2.84. The second-order valence-corrected chi connectivity index (χ2v) is 6.28. The number of aliphatic imine (C=N–C) groups is 1. The second-order valence-electron chi connectivity index (χ2n) is 5.42. The summed E-state index contributed by atoms with van der Waals surface area (Å²) in [5.41, 5.74) is 2.56. The Hall–Kier alpha value is -2.61. The average Bonchev–Trinajstić information content (AvgIpc) is 2.64. The van der Waals surface area contributed by atoms with E-state index < -0.39 is 0 Å². The number of carbonyl (C=O) groups excluding carboxylic acids is 1. The van der Waals surface area contributed by atoms with E-state index in [1.807, 2.05) is 6.26 Å². The lowest BCUT2D eigenvalue weighted by molar-refractivity contribution is -0.115. The quantitative estimate of drug-likeness (QED) is 0.512. The normalized spacial score (nSPS) is 11.1. The van der Waals surface area contributed by atoms with Crippen molar-refractivity contribution in [2.24, 2.45) is 4.99 Å². The van der Waals surface area contributed by atoms with Crippen LogP contribution in [0.1, 0.15) is 11.1 Å². The minimum Gasteiger partial charge on any atom is -0.352 e. The molecule has 0 saturated heterocycles. The number of carbonyl (C=O) groups is 1. The molecule has 1 amide bonds. The van der Waals surface area contributed by atoms with Crippen LogP contribution < -0.4 is 16.0 Å². The predicted octanol–water partition coefficient (Wildman–Crippen LogP) is 2.39. The molecule has 3 N–H and O–H groups in total. The Kier molecular flexibility index (Phi) is 7.88. The number of aromatic nitrogens is 1. The Labute approximate surface area is 156 Å². The monoisotopic (exact) mass is 375 g/mol. The SMILES string of the molecule is CN=C(NCC(=O)Nc1cccnc1)NCc1ccc(F)cc1CSC. The predicted molar refractivity (Wildman–Crippen MR) is 105 cm³/mol. The van der Waals surface area contributed by atoms with Crippen LogP contribution in [0.3, 0.4) is 0 Å². The fourth-order valence-electron chi connectivity index (χ4n) is 2.26. The van der Waals surface area contributed by atoms with Gasteiger partial charge in [-0.1, -0.05) is 6.07 Å². The number of guanidine groups is 1. The van der Waals surface area contributed by atoms with Crippen LogP contribution in [0.15, 0.2) is 47.7 Å². The Balaban J connectivity index is 1.85. The largest absolute Gasteiger partial charge is 0.352 e. The maximum atomic E-state index is 13.4. The molecule has 0 saturated carbocycles. The summed E-state index contributed by atoms with van der Waals surface area (Å²) < 4.78 is 13.4. The first-order chi connectivity index (χ1) is 12.6. The van der Waals surface area contributed by atoms with Gasteiger partial charge in [0.25, 0.3) is 0 Å². The number of anilines is 1. The molecule has 0 aliphatic heterocycles. The molecule has 1 aromatic heterocycles. The van der Waals surface area contributed by atoms with Crippen LogP contribution in [-0.4, -0.2) is 36.7 Å². The molecule has 8 heteroatoms. The molecule has 0 bridgehead atoms. The molecule has 138 valence electrons. The molecule has 0 aliphatic carbocycles. The Morgan fingerprint density at radius 1 is 1.27 bits per heavy atom. The van der Waals surface area contributed by atoms with E-state index in [2.05, 4.69) is 25.9 Å². The van der Waals surface area contributed by atoms with E-state index in [0.29, 0.717) is 18.2 Å². The van der Waals surface area contributed by atoms with Crippen LogP contribution in [0.2, 0.25) is 0 Å². The number of pyridine rings is 1. The van der Waals surface area contributed by atoms with Crippen molar-refractivity contribution in [3.63, 3.8) is 0 Å². The van der Waals surface area contributed by atoms with Crippen molar-refractivity contribution in [2.45, 2.75) is 12.3 Å². The minimum absolute atomic E-state index is 0.0651. The number of thioether (sulfide) groups is 1. The molecular formula is C18H22FN5OS. The highest BCUT2D eigenvalue weighted by Crippen LogP contribution is 2.16. The van der Waals surface area contributed by atoms with E-state index in [0.717, 1.165) is 16.9 Å². The lowest BCUT2D eigenvalue weighted by atomic mass is 10.1. The van der Waals surface area contributed by atoms with Gasteiger partial charge >= 0.3 is 0 Å². The second kappa shape index (κ2) is 10.4. The molecule has 0 aliphatic rings. The molecule has 0 unspecified atom stereocenters. The van der Waals surface area contributed by atoms with Crippen LogP contribution in [0.25, 0.3) is 0 Å². The van der Waals surface area contributed by atoms with E-state index in [-0.39, 0.29) is 18.3 Å². The van der Waals surface area contributed by atoms with Crippen molar-refractivity contribution < 1.29 is 9.18 Å². The molecule has 26 heavy (non-hydrogen) atoms. The molecule has 0 spiro atoms. The summed E-state index contributed by atoms with van der Waals surface area (Å²) in [6.07, 6.45) is 5.19. The minimum atomic E-state index is -0.243. The molecule has 2 aromatic rings. The summed E-state index contributed by atoms with van der Waals surface area (Å²) in [4.78, 5) is 20.0. The third kappa shape index (κ3) is 6.36. The van der Waals surface area contributed by atoms with Crippen molar-refractivity contribution in [1.29, 1.82) is 0 Å². The Bertz CT molecular complexity index is 755. The van der Waals surface area contributed by atoms with Gasteiger partial charge in [0.2, 0.25) is 5.91 Å². The highest BCUT2D eigenvalue weighted by atomic mass is 32.2. The number of halogens is 1. The highest BCUT2D eigenvalue weighted by molar-refractivity contribution is 7.97. The molecule has 1 aromatic carbocycles. The third-order valence-corrected chi connectivity index (χ3v) is 4.10. The number of benzene rings is 1. The number of hydrogen-bond donors (Lipinski definition) is 3. The van der Waals surface area contributed by atoms with Crippen molar-refractivity contribution in [3.8, 4) is 0 Å². The zero-order valence-corrected chi connectivity index (χ0v) is 15.6. The molecule has 1 heterocycles. The van der Waals surface area contributed by atoms with E-state index in [1.54, 1.807) is 55.5 Å². The van der Waals surface area contributed by atoms with Gasteiger partial charge in [0.15, 0.2) is 5.96 Å². The maximum Gasteiger partial charge on any atom is 0.243 e. The first kappa shape index (κ1) is 19.7. The van der Waals surface area contributed by atoms with Crippen LogP contribution >= 0.6 is 11.8 Å². The summed E-state index contributed by atoms with van der Waals surface area (Å²) in [7, 11) is 1.63. The van der Waals surface area contributed by atoms with Gasteiger partial charge in [-0.2, -0.15) is 11.8 Å². The van der Waals surface area contributed by atoms with E-state index >= 15 is 0 Å². The first-order valence-corrected chi connectivity index (χ1v) is 9.42. The lowest BCUT2D eigenvalue weighted by Gasteiger charge is -2.14. The number of rotatable bonds is 7. The van der Waals surface area contributed by atoms with Crippen molar-refractivity contribution in [2.75, 3.05) is 25.2 Å². The van der Waals surface area contributed by atoms with E-state index in [4.69, 9.17) is 0 Å².